The molecule has 164 valence electrons. The summed E-state index contributed by atoms with van der Waals surface area (Å²) in [5.74, 6) is 1.59. The molecule has 0 aliphatic carbocycles. The van der Waals surface area contributed by atoms with Gasteiger partial charge in [0.1, 0.15) is 0 Å². The Balaban J connectivity index is 2.11. The number of hydrazine groups is 1. The molecular formula is C26H38N2OP-. The van der Waals surface area contributed by atoms with Gasteiger partial charge in [0, 0.05) is 20.8 Å². The highest BCUT2D eigenvalue weighted by Gasteiger charge is 2.33. The molecule has 1 unspecified atom stereocenters. The second-order valence-electron chi connectivity index (χ2n) is 9.69. The third-order valence-electron chi connectivity index (χ3n) is 6.14. The average Bonchev–Trinajstić information content (AvgIpc) is 3.07. The first-order valence-corrected chi connectivity index (χ1v) is 12.9. The van der Waals surface area contributed by atoms with Crippen LogP contribution in [0.4, 0.5) is 5.69 Å². The van der Waals surface area contributed by atoms with Crippen molar-refractivity contribution >= 4 is 19.1 Å². The lowest BCUT2D eigenvalue weighted by molar-refractivity contribution is 0.581. The summed E-state index contributed by atoms with van der Waals surface area (Å²) in [6, 6.07) is 13.2. The Morgan fingerprint density at radius 3 is 1.50 bits per heavy atom. The highest BCUT2D eigenvalue weighted by Crippen LogP contribution is 2.51. The fraction of sp³-hybridized carbons (Fsp3) is 0.538. The Labute approximate surface area is 184 Å². The topological polar surface area (TPSA) is 29.5 Å². The molecule has 3 nitrogen and oxygen atoms in total. The maximum atomic E-state index is 13.9. The fourth-order valence-electron chi connectivity index (χ4n) is 4.51. The van der Waals surface area contributed by atoms with Gasteiger partial charge in [-0.2, -0.15) is 0 Å². The molecule has 30 heavy (non-hydrogen) atoms. The number of hydrogen-bond acceptors (Lipinski definition) is 3. The first-order chi connectivity index (χ1) is 14.1. The molecule has 1 aliphatic rings. The van der Waals surface area contributed by atoms with Gasteiger partial charge in [0.15, 0.2) is 0 Å². The number of anilines is 1. The van der Waals surface area contributed by atoms with Gasteiger partial charge in [0.25, 0.3) is 0 Å². The molecule has 1 heterocycles. The Morgan fingerprint density at radius 1 is 0.700 bits per heavy atom. The summed E-state index contributed by atoms with van der Waals surface area (Å²) >= 11 is 0. The second kappa shape index (κ2) is 9.39. The van der Waals surface area contributed by atoms with Crippen LogP contribution < -0.4 is 10.3 Å². The normalized spacial score (nSPS) is 17.9. The van der Waals surface area contributed by atoms with Crippen LogP contribution in [0, 0.1) is 5.21 Å². The molecule has 2 aromatic rings. The van der Waals surface area contributed by atoms with E-state index in [1.165, 1.54) is 32.5 Å². The van der Waals surface area contributed by atoms with Crippen LogP contribution in [0.15, 0.2) is 36.4 Å². The molecule has 0 bridgehead atoms. The molecule has 1 fully saturated rings. The van der Waals surface area contributed by atoms with Crippen molar-refractivity contribution in [3.05, 3.63) is 63.9 Å². The summed E-state index contributed by atoms with van der Waals surface area (Å²) in [7, 11) is -0.930. The van der Waals surface area contributed by atoms with Crippen molar-refractivity contribution in [3.63, 3.8) is 0 Å². The average molecular weight is 426 g/mol. The third-order valence-corrected chi connectivity index (χ3v) is 8.42. The monoisotopic (exact) mass is 425 g/mol. The lowest BCUT2D eigenvalue weighted by Crippen LogP contribution is -2.33. The molecule has 1 aliphatic heterocycles. The molecule has 2 aromatic carbocycles. The Morgan fingerprint density at radius 2 is 1.10 bits per heavy atom. The van der Waals surface area contributed by atoms with Crippen LogP contribution in [0.5, 0.6) is 0 Å². The van der Waals surface area contributed by atoms with Gasteiger partial charge >= 0.3 is 0 Å². The van der Waals surface area contributed by atoms with E-state index in [0.717, 1.165) is 18.4 Å². The molecule has 1 atom stereocenters. The van der Waals surface area contributed by atoms with E-state index in [4.69, 9.17) is 0 Å². The Bertz CT molecular complexity index is 751. The van der Waals surface area contributed by atoms with Crippen LogP contribution in [0.1, 0.15) is 101 Å². The summed E-state index contributed by atoms with van der Waals surface area (Å²) in [4.78, 5) is 1.36. The molecule has 3 rings (SSSR count). The molecule has 0 N–H and O–H groups in total. The van der Waals surface area contributed by atoms with Crippen molar-refractivity contribution in [2.75, 3.05) is 17.7 Å². The number of rotatable bonds is 6. The van der Waals surface area contributed by atoms with E-state index in [0.29, 0.717) is 23.7 Å². The van der Waals surface area contributed by atoms with Crippen LogP contribution in [-0.2, 0) is 0 Å². The van der Waals surface area contributed by atoms with Gasteiger partial charge in [0.05, 0.1) is 5.69 Å². The molecular weight excluding hydrogens is 387 g/mol. The van der Waals surface area contributed by atoms with Crippen LogP contribution in [0.2, 0.25) is 0 Å². The maximum Gasteiger partial charge on any atom is 0.0584 e. The zero-order valence-electron chi connectivity index (χ0n) is 19.9. The lowest BCUT2D eigenvalue weighted by atomic mass is 9.92. The van der Waals surface area contributed by atoms with Gasteiger partial charge < -0.3 is 10.2 Å². The van der Waals surface area contributed by atoms with Crippen molar-refractivity contribution in [2.24, 2.45) is 0 Å². The smallest absolute Gasteiger partial charge is 0.0584 e. The first kappa shape index (κ1) is 23.3. The van der Waals surface area contributed by atoms with Crippen molar-refractivity contribution in [2.45, 2.75) is 79.1 Å². The Kier molecular flexibility index (Phi) is 7.28. The van der Waals surface area contributed by atoms with Crippen molar-refractivity contribution in [1.29, 1.82) is 0 Å². The van der Waals surface area contributed by atoms with E-state index in [9.17, 15) is 5.21 Å². The van der Waals surface area contributed by atoms with E-state index in [-0.39, 0.29) is 0 Å². The van der Waals surface area contributed by atoms with Crippen molar-refractivity contribution in [1.82, 2.24) is 4.94 Å². The van der Waals surface area contributed by atoms with Crippen LogP contribution >= 0.6 is 8.07 Å². The van der Waals surface area contributed by atoms with E-state index in [1.54, 1.807) is 0 Å². The SMILES string of the molecule is CC(C)c1cccc(C(C)C)c1N1CCP(c2c(C(C)C)cccc2C(C)C)N1[O-]. The molecule has 0 amide bonds. The highest BCUT2D eigenvalue weighted by atomic mass is 31.1. The third kappa shape index (κ3) is 4.31. The number of para-hydroxylation sites is 1. The van der Waals surface area contributed by atoms with E-state index in [2.05, 4.69) is 96.8 Å². The van der Waals surface area contributed by atoms with Gasteiger partial charge in [-0.1, -0.05) is 91.8 Å². The summed E-state index contributed by atoms with van der Waals surface area (Å²) < 4.78 is 0. The Hall–Kier alpha value is -1.41. The van der Waals surface area contributed by atoms with Crippen molar-refractivity contribution in [3.8, 4) is 0 Å². The predicted molar refractivity (Wildman–Crippen MR) is 133 cm³/mol. The molecule has 0 aromatic heterocycles. The fourth-order valence-corrected chi connectivity index (χ4v) is 7.15. The highest BCUT2D eigenvalue weighted by molar-refractivity contribution is 7.64. The molecule has 1 saturated heterocycles. The summed E-state index contributed by atoms with van der Waals surface area (Å²) in [6.45, 7) is 18.7. The minimum atomic E-state index is -0.930. The zero-order chi connectivity index (χ0) is 22.2. The van der Waals surface area contributed by atoms with Gasteiger partial charge in [-0.25, -0.2) is 0 Å². The quantitative estimate of drug-likeness (QED) is 0.451. The largest absolute Gasteiger partial charge is 0.763 e. The van der Waals surface area contributed by atoms with Crippen LogP contribution in [-0.4, -0.2) is 17.6 Å². The summed E-state index contributed by atoms with van der Waals surface area (Å²) in [6.07, 6.45) is 0.923. The molecule has 0 saturated carbocycles. The molecule has 0 radical (unpaired) electrons. The van der Waals surface area contributed by atoms with Crippen LogP contribution in [0.25, 0.3) is 0 Å². The second-order valence-corrected chi connectivity index (χ2v) is 11.7. The van der Waals surface area contributed by atoms with Crippen molar-refractivity contribution < 1.29 is 0 Å². The van der Waals surface area contributed by atoms with E-state index >= 15 is 0 Å². The predicted octanol–water partition coefficient (Wildman–Crippen LogP) is 7.44. The maximum absolute atomic E-state index is 13.9. The molecule has 0 spiro atoms. The van der Waals surface area contributed by atoms with Gasteiger partial charge in [-0.05, 0) is 51.2 Å². The summed E-state index contributed by atoms with van der Waals surface area (Å²) in [5.41, 5.74) is 6.39. The standard InChI is InChI=1S/C26H38N2OP/c1-17(2)21-11-9-12-22(18(3)4)25(21)27-15-16-30(28(27)29)26-23(19(5)6)13-10-14-24(26)20(7)8/h9-14,17-20H,15-16H2,1-8H3/q-1. The minimum Gasteiger partial charge on any atom is -0.763 e. The first-order valence-electron chi connectivity index (χ1n) is 11.4. The minimum absolute atomic E-state index is 0.383. The van der Waals surface area contributed by atoms with Gasteiger partial charge in [-0.15, -0.1) is 0 Å². The summed E-state index contributed by atoms with van der Waals surface area (Å²) in [5, 5.41) is 17.3. The molecule has 4 heteroatoms. The number of nitrogens with zero attached hydrogens (tertiary/aromatic N) is 2. The number of hydrogen-bond donors (Lipinski definition) is 0. The van der Waals surface area contributed by atoms with E-state index < -0.39 is 8.07 Å². The van der Waals surface area contributed by atoms with E-state index in [1.807, 2.05) is 0 Å². The van der Waals surface area contributed by atoms with Gasteiger partial charge in [0.2, 0.25) is 0 Å². The number of benzene rings is 2. The van der Waals surface area contributed by atoms with Gasteiger partial charge in [-0.3, -0.25) is 4.94 Å². The van der Waals surface area contributed by atoms with Crippen LogP contribution in [0.3, 0.4) is 0 Å². The zero-order valence-corrected chi connectivity index (χ0v) is 20.8. The lowest BCUT2D eigenvalue weighted by Gasteiger charge is -2.42.